The van der Waals surface area contributed by atoms with Crippen LogP contribution >= 0.6 is 0 Å². The first kappa shape index (κ1) is 15.3. The van der Waals surface area contributed by atoms with Crippen molar-refractivity contribution in [2.45, 2.75) is 65.1 Å². The standard InChI is InChI=1S/C16H32N2O/c1-12(2)18-8-9-19-15(11-18)10-17-16-7-5-6-13(3)14(16)4/h12-17H,5-11H2,1-4H3. The minimum Gasteiger partial charge on any atom is -0.374 e. The molecular weight excluding hydrogens is 236 g/mol. The maximum absolute atomic E-state index is 5.91. The second-order valence-electron chi connectivity index (χ2n) is 6.86. The number of hydrogen-bond donors (Lipinski definition) is 1. The van der Waals surface area contributed by atoms with Crippen LogP contribution in [-0.4, -0.2) is 49.3 Å². The molecule has 1 aliphatic carbocycles. The van der Waals surface area contributed by atoms with Gasteiger partial charge >= 0.3 is 0 Å². The van der Waals surface area contributed by atoms with E-state index in [1.807, 2.05) is 0 Å². The Morgan fingerprint density at radius 3 is 2.79 bits per heavy atom. The summed E-state index contributed by atoms with van der Waals surface area (Å²) < 4.78 is 5.91. The molecule has 19 heavy (non-hydrogen) atoms. The molecule has 1 heterocycles. The Bertz CT molecular complexity index is 269. The third-order valence-electron chi connectivity index (χ3n) is 5.22. The van der Waals surface area contributed by atoms with E-state index >= 15 is 0 Å². The third kappa shape index (κ3) is 4.17. The van der Waals surface area contributed by atoms with Crippen molar-refractivity contribution in [1.29, 1.82) is 0 Å². The van der Waals surface area contributed by atoms with Crippen LogP contribution in [-0.2, 0) is 4.74 Å². The lowest BCUT2D eigenvalue weighted by Crippen LogP contribution is -2.51. The van der Waals surface area contributed by atoms with Crippen molar-refractivity contribution >= 4 is 0 Å². The minimum atomic E-state index is 0.376. The van der Waals surface area contributed by atoms with Crippen molar-refractivity contribution in [1.82, 2.24) is 10.2 Å². The lowest BCUT2D eigenvalue weighted by atomic mass is 9.78. The van der Waals surface area contributed by atoms with Gasteiger partial charge in [-0.25, -0.2) is 0 Å². The summed E-state index contributed by atoms with van der Waals surface area (Å²) in [5.41, 5.74) is 0. The van der Waals surface area contributed by atoms with Crippen LogP contribution in [0.25, 0.3) is 0 Å². The molecule has 0 bridgehead atoms. The number of rotatable bonds is 4. The molecule has 2 aliphatic rings. The topological polar surface area (TPSA) is 24.5 Å². The first-order valence-electron chi connectivity index (χ1n) is 8.17. The molecule has 3 nitrogen and oxygen atoms in total. The molecule has 0 amide bonds. The van der Waals surface area contributed by atoms with Crippen molar-refractivity contribution in [3.8, 4) is 0 Å². The molecule has 0 aromatic heterocycles. The highest BCUT2D eigenvalue weighted by molar-refractivity contribution is 4.84. The van der Waals surface area contributed by atoms with E-state index in [2.05, 4.69) is 37.9 Å². The molecule has 1 N–H and O–H groups in total. The van der Waals surface area contributed by atoms with E-state index in [-0.39, 0.29) is 0 Å². The Balaban J connectivity index is 1.75. The largest absolute Gasteiger partial charge is 0.374 e. The second-order valence-corrected chi connectivity index (χ2v) is 6.86. The zero-order valence-electron chi connectivity index (χ0n) is 13.2. The molecule has 0 radical (unpaired) electrons. The number of ether oxygens (including phenoxy) is 1. The van der Waals surface area contributed by atoms with Crippen molar-refractivity contribution in [2.24, 2.45) is 11.8 Å². The van der Waals surface area contributed by atoms with E-state index in [9.17, 15) is 0 Å². The van der Waals surface area contributed by atoms with E-state index in [4.69, 9.17) is 4.74 Å². The van der Waals surface area contributed by atoms with Crippen LogP contribution in [0, 0.1) is 11.8 Å². The number of nitrogens with zero attached hydrogens (tertiary/aromatic N) is 1. The van der Waals surface area contributed by atoms with E-state index in [1.54, 1.807) is 0 Å². The second kappa shape index (κ2) is 7.05. The SMILES string of the molecule is CC1CCCC(NCC2CN(C(C)C)CCO2)C1C. The van der Waals surface area contributed by atoms with Gasteiger partial charge in [-0.2, -0.15) is 0 Å². The first-order valence-corrected chi connectivity index (χ1v) is 8.17. The molecule has 3 heteroatoms. The quantitative estimate of drug-likeness (QED) is 0.848. The van der Waals surface area contributed by atoms with Crippen molar-refractivity contribution < 1.29 is 4.74 Å². The summed E-state index contributed by atoms with van der Waals surface area (Å²) >= 11 is 0. The predicted octanol–water partition coefficient (Wildman–Crippen LogP) is 2.51. The molecule has 1 aliphatic heterocycles. The highest BCUT2D eigenvalue weighted by atomic mass is 16.5. The Morgan fingerprint density at radius 2 is 2.05 bits per heavy atom. The zero-order valence-corrected chi connectivity index (χ0v) is 13.2. The highest BCUT2D eigenvalue weighted by Gasteiger charge is 2.28. The summed E-state index contributed by atoms with van der Waals surface area (Å²) in [6, 6.07) is 1.34. The lowest BCUT2D eigenvalue weighted by Gasteiger charge is -2.38. The summed E-state index contributed by atoms with van der Waals surface area (Å²) in [5.74, 6) is 1.67. The van der Waals surface area contributed by atoms with Crippen molar-refractivity contribution in [3.63, 3.8) is 0 Å². The average molecular weight is 268 g/mol. The highest BCUT2D eigenvalue weighted by Crippen LogP contribution is 2.29. The van der Waals surface area contributed by atoms with Gasteiger partial charge in [-0.3, -0.25) is 4.90 Å². The molecule has 1 saturated heterocycles. The Morgan fingerprint density at radius 1 is 1.26 bits per heavy atom. The van der Waals surface area contributed by atoms with E-state index < -0.39 is 0 Å². The van der Waals surface area contributed by atoms with Crippen LogP contribution in [0.1, 0.15) is 47.0 Å². The van der Waals surface area contributed by atoms with Gasteiger partial charge in [0.05, 0.1) is 12.7 Å². The average Bonchev–Trinajstić information content (AvgIpc) is 2.41. The van der Waals surface area contributed by atoms with Gasteiger partial charge in [-0.15, -0.1) is 0 Å². The van der Waals surface area contributed by atoms with E-state index in [1.165, 1.54) is 19.3 Å². The maximum Gasteiger partial charge on any atom is 0.0826 e. The molecule has 2 fully saturated rings. The lowest BCUT2D eigenvalue weighted by molar-refractivity contribution is -0.0395. The normalized spacial score (nSPS) is 37.7. The summed E-state index contributed by atoms with van der Waals surface area (Å²) in [6.45, 7) is 13.4. The molecule has 112 valence electrons. The fourth-order valence-corrected chi connectivity index (χ4v) is 3.49. The molecule has 4 unspecified atom stereocenters. The van der Waals surface area contributed by atoms with Crippen molar-refractivity contribution in [2.75, 3.05) is 26.2 Å². The van der Waals surface area contributed by atoms with Crippen LogP contribution in [0.15, 0.2) is 0 Å². The van der Waals surface area contributed by atoms with E-state index in [0.717, 1.165) is 38.1 Å². The van der Waals surface area contributed by atoms with Gasteiger partial charge in [0.2, 0.25) is 0 Å². The monoisotopic (exact) mass is 268 g/mol. The Labute approximate surface area is 119 Å². The van der Waals surface area contributed by atoms with Crippen LogP contribution in [0.5, 0.6) is 0 Å². The fourth-order valence-electron chi connectivity index (χ4n) is 3.49. The smallest absolute Gasteiger partial charge is 0.0826 e. The third-order valence-corrected chi connectivity index (χ3v) is 5.22. The van der Waals surface area contributed by atoms with Gasteiger partial charge < -0.3 is 10.1 Å². The summed E-state index contributed by atoms with van der Waals surface area (Å²) in [6.07, 6.45) is 4.50. The molecule has 1 saturated carbocycles. The zero-order chi connectivity index (χ0) is 13.8. The van der Waals surface area contributed by atoms with Gasteiger partial charge in [-0.1, -0.05) is 26.7 Å². The molecule has 0 spiro atoms. The molecule has 2 rings (SSSR count). The summed E-state index contributed by atoms with van der Waals surface area (Å²) in [5, 5.41) is 3.78. The molecule has 0 aromatic rings. The Hall–Kier alpha value is -0.120. The summed E-state index contributed by atoms with van der Waals surface area (Å²) in [7, 11) is 0. The molecular formula is C16H32N2O. The van der Waals surface area contributed by atoms with E-state index in [0.29, 0.717) is 18.2 Å². The number of morpholine rings is 1. The van der Waals surface area contributed by atoms with Crippen LogP contribution < -0.4 is 5.32 Å². The number of nitrogens with one attached hydrogen (secondary N) is 1. The Kier molecular flexibility index (Phi) is 5.67. The number of hydrogen-bond acceptors (Lipinski definition) is 3. The summed E-state index contributed by atoms with van der Waals surface area (Å²) in [4.78, 5) is 2.53. The molecule has 4 atom stereocenters. The van der Waals surface area contributed by atoms with Crippen LogP contribution in [0.4, 0.5) is 0 Å². The fraction of sp³-hybridized carbons (Fsp3) is 1.00. The first-order chi connectivity index (χ1) is 9.08. The van der Waals surface area contributed by atoms with Gasteiger partial charge in [0, 0.05) is 31.7 Å². The van der Waals surface area contributed by atoms with Crippen LogP contribution in [0.3, 0.4) is 0 Å². The van der Waals surface area contributed by atoms with Gasteiger partial charge in [0.15, 0.2) is 0 Å². The predicted molar refractivity (Wildman–Crippen MR) is 80.4 cm³/mol. The van der Waals surface area contributed by atoms with Gasteiger partial charge in [-0.05, 0) is 32.1 Å². The molecule has 0 aromatic carbocycles. The maximum atomic E-state index is 5.91. The van der Waals surface area contributed by atoms with Gasteiger partial charge in [0.1, 0.15) is 0 Å². The minimum absolute atomic E-state index is 0.376. The van der Waals surface area contributed by atoms with Crippen LogP contribution in [0.2, 0.25) is 0 Å². The van der Waals surface area contributed by atoms with Gasteiger partial charge in [0.25, 0.3) is 0 Å². The van der Waals surface area contributed by atoms with Crippen molar-refractivity contribution in [3.05, 3.63) is 0 Å².